The number of benzene rings is 3. The molecule has 1 N–H and O–H groups in total. The number of nitrogens with zero attached hydrogens (tertiary/aromatic N) is 3. The highest BCUT2D eigenvalue weighted by Crippen LogP contribution is 2.29. The zero-order valence-corrected chi connectivity index (χ0v) is 15.6. The van der Waals surface area contributed by atoms with Crippen molar-refractivity contribution in [1.29, 1.82) is 0 Å². The SMILES string of the molecule is CC(=NNc1ccc([N+](=O)[O-])cc1[N+](=O)[O-])c1ccc(Cc2ccccc2)cc1. The van der Waals surface area contributed by atoms with Crippen LogP contribution >= 0.6 is 0 Å². The van der Waals surface area contributed by atoms with Gasteiger partial charge in [0.25, 0.3) is 5.69 Å². The van der Waals surface area contributed by atoms with Crippen molar-refractivity contribution < 1.29 is 9.85 Å². The summed E-state index contributed by atoms with van der Waals surface area (Å²) in [7, 11) is 0. The lowest BCUT2D eigenvalue weighted by atomic mass is 10.0. The number of hydrogen-bond donors (Lipinski definition) is 1. The molecule has 0 aliphatic heterocycles. The van der Waals surface area contributed by atoms with E-state index in [9.17, 15) is 20.2 Å². The van der Waals surface area contributed by atoms with Crippen molar-refractivity contribution in [3.05, 3.63) is 110 Å². The average molecular weight is 390 g/mol. The largest absolute Gasteiger partial charge is 0.301 e. The lowest BCUT2D eigenvalue weighted by molar-refractivity contribution is -0.393. The summed E-state index contributed by atoms with van der Waals surface area (Å²) in [5.41, 5.74) is 5.83. The van der Waals surface area contributed by atoms with E-state index in [1.807, 2.05) is 42.5 Å². The number of nitro benzene ring substituents is 2. The van der Waals surface area contributed by atoms with Gasteiger partial charge in [-0.2, -0.15) is 5.10 Å². The quantitative estimate of drug-likeness (QED) is 0.349. The summed E-state index contributed by atoms with van der Waals surface area (Å²) in [6.07, 6.45) is 0.824. The second kappa shape index (κ2) is 8.75. The van der Waals surface area contributed by atoms with E-state index in [1.165, 1.54) is 17.7 Å². The van der Waals surface area contributed by atoms with E-state index < -0.39 is 15.5 Å². The Morgan fingerprint density at radius 1 is 0.897 bits per heavy atom. The second-order valence-corrected chi connectivity index (χ2v) is 6.38. The first-order valence-corrected chi connectivity index (χ1v) is 8.80. The predicted octanol–water partition coefficient (Wildman–Crippen LogP) is 4.93. The van der Waals surface area contributed by atoms with E-state index in [-0.39, 0.29) is 11.4 Å². The molecule has 3 aromatic rings. The lowest BCUT2D eigenvalue weighted by Gasteiger charge is -2.06. The molecule has 0 radical (unpaired) electrons. The molecule has 0 bridgehead atoms. The van der Waals surface area contributed by atoms with Crippen LogP contribution in [-0.4, -0.2) is 15.6 Å². The van der Waals surface area contributed by atoms with Crippen LogP contribution in [0, 0.1) is 20.2 Å². The maximum absolute atomic E-state index is 11.2. The minimum atomic E-state index is -0.682. The van der Waals surface area contributed by atoms with Gasteiger partial charge in [-0.3, -0.25) is 25.7 Å². The fourth-order valence-electron chi connectivity index (χ4n) is 2.78. The average Bonchev–Trinajstić information content (AvgIpc) is 2.73. The lowest BCUT2D eigenvalue weighted by Crippen LogP contribution is -2.02. The highest BCUT2D eigenvalue weighted by molar-refractivity contribution is 5.99. The molecule has 0 saturated carbocycles. The normalized spacial score (nSPS) is 11.1. The Morgan fingerprint density at radius 2 is 1.55 bits per heavy atom. The molecule has 3 aromatic carbocycles. The molecular formula is C21H18N4O4. The van der Waals surface area contributed by atoms with Gasteiger partial charge in [-0.15, -0.1) is 0 Å². The van der Waals surface area contributed by atoms with Crippen molar-refractivity contribution in [2.75, 3.05) is 5.43 Å². The number of hydrogen-bond acceptors (Lipinski definition) is 6. The number of hydrazone groups is 1. The fourth-order valence-corrected chi connectivity index (χ4v) is 2.78. The van der Waals surface area contributed by atoms with Crippen LogP contribution in [0.25, 0.3) is 0 Å². The predicted molar refractivity (Wildman–Crippen MR) is 111 cm³/mol. The Kier molecular flexibility index (Phi) is 5.94. The van der Waals surface area contributed by atoms with Crippen LogP contribution in [0.2, 0.25) is 0 Å². The van der Waals surface area contributed by atoms with Gasteiger partial charge in [0, 0.05) is 6.07 Å². The molecule has 29 heavy (non-hydrogen) atoms. The standard InChI is InChI=1S/C21H18N4O4/c1-15(18-9-7-17(8-10-18)13-16-5-3-2-4-6-16)22-23-20-12-11-19(24(26)27)14-21(20)25(28)29/h2-12,14,23H,13H2,1H3. The van der Waals surface area contributed by atoms with Crippen LogP contribution in [0.15, 0.2) is 77.9 Å². The van der Waals surface area contributed by atoms with Crippen molar-refractivity contribution in [3.8, 4) is 0 Å². The number of nitrogens with one attached hydrogen (secondary N) is 1. The van der Waals surface area contributed by atoms with Crippen molar-refractivity contribution >= 4 is 22.8 Å². The Labute approximate surface area is 166 Å². The molecule has 8 heteroatoms. The van der Waals surface area contributed by atoms with Crippen LogP contribution in [-0.2, 0) is 6.42 Å². The number of non-ortho nitro benzene ring substituents is 1. The summed E-state index contributed by atoms with van der Waals surface area (Å²) in [6, 6.07) is 21.4. The van der Waals surface area contributed by atoms with Crippen LogP contribution in [0.1, 0.15) is 23.6 Å². The minimum absolute atomic E-state index is 0.0839. The molecule has 8 nitrogen and oxygen atoms in total. The van der Waals surface area contributed by atoms with Crippen molar-refractivity contribution in [3.63, 3.8) is 0 Å². The maximum Gasteiger partial charge on any atom is 0.301 e. The van der Waals surface area contributed by atoms with E-state index in [2.05, 4.69) is 22.7 Å². The summed E-state index contributed by atoms with van der Waals surface area (Å²) in [5, 5.41) is 26.2. The second-order valence-electron chi connectivity index (χ2n) is 6.38. The summed E-state index contributed by atoms with van der Waals surface area (Å²) in [6.45, 7) is 1.77. The van der Waals surface area contributed by atoms with Gasteiger partial charge >= 0.3 is 5.69 Å². The number of anilines is 1. The highest BCUT2D eigenvalue weighted by Gasteiger charge is 2.19. The molecule has 0 unspecified atom stereocenters. The third kappa shape index (κ3) is 5.01. The summed E-state index contributed by atoms with van der Waals surface area (Å²) >= 11 is 0. The first kappa shape index (κ1) is 19.7. The summed E-state index contributed by atoms with van der Waals surface area (Å²) in [5.74, 6) is 0. The van der Waals surface area contributed by atoms with Crippen LogP contribution in [0.5, 0.6) is 0 Å². The van der Waals surface area contributed by atoms with E-state index in [4.69, 9.17) is 0 Å². The van der Waals surface area contributed by atoms with Gasteiger partial charge in [0.05, 0.1) is 21.6 Å². The first-order valence-electron chi connectivity index (χ1n) is 8.80. The van der Waals surface area contributed by atoms with Crippen LogP contribution < -0.4 is 5.43 Å². The Bertz CT molecular complexity index is 1060. The molecular weight excluding hydrogens is 372 g/mol. The number of rotatable bonds is 7. The maximum atomic E-state index is 11.2. The smallest absolute Gasteiger partial charge is 0.271 e. The van der Waals surface area contributed by atoms with Crippen molar-refractivity contribution in [2.45, 2.75) is 13.3 Å². The molecule has 0 aromatic heterocycles. The molecule has 0 amide bonds. The third-order valence-electron chi connectivity index (χ3n) is 4.36. The van der Waals surface area contributed by atoms with Gasteiger partial charge in [-0.05, 0) is 36.1 Å². The molecule has 0 heterocycles. The Hall–Kier alpha value is -4.07. The van der Waals surface area contributed by atoms with Gasteiger partial charge < -0.3 is 0 Å². The Balaban J connectivity index is 1.74. The zero-order valence-electron chi connectivity index (χ0n) is 15.6. The van der Waals surface area contributed by atoms with Gasteiger partial charge in [0.2, 0.25) is 0 Å². The van der Waals surface area contributed by atoms with Gasteiger partial charge in [0.15, 0.2) is 0 Å². The van der Waals surface area contributed by atoms with Crippen molar-refractivity contribution in [2.24, 2.45) is 5.10 Å². The summed E-state index contributed by atoms with van der Waals surface area (Å²) < 4.78 is 0. The minimum Gasteiger partial charge on any atom is -0.271 e. The third-order valence-corrected chi connectivity index (χ3v) is 4.36. The van der Waals surface area contributed by atoms with Gasteiger partial charge in [0.1, 0.15) is 5.69 Å². The van der Waals surface area contributed by atoms with Gasteiger partial charge in [-0.1, -0.05) is 54.6 Å². The molecule has 0 aliphatic carbocycles. The van der Waals surface area contributed by atoms with E-state index in [0.717, 1.165) is 23.6 Å². The molecule has 146 valence electrons. The molecule has 0 saturated heterocycles. The molecule has 0 atom stereocenters. The van der Waals surface area contributed by atoms with E-state index in [1.54, 1.807) is 6.92 Å². The molecule has 0 spiro atoms. The number of nitro groups is 2. The first-order chi connectivity index (χ1) is 13.9. The molecule has 3 rings (SSSR count). The van der Waals surface area contributed by atoms with E-state index >= 15 is 0 Å². The Morgan fingerprint density at radius 3 is 2.17 bits per heavy atom. The highest BCUT2D eigenvalue weighted by atomic mass is 16.6. The monoisotopic (exact) mass is 390 g/mol. The van der Waals surface area contributed by atoms with Crippen molar-refractivity contribution in [1.82, 2.24) is 0 Å². The van der Waals surface area contributed by atoms with Gasteiger partial charge in [-0.25, -0.2) is 0 Å². The van der Waals surface area contributed by atoms with E-state index in [0.29, 0.717) is 5.71 Å². The topological polar surface area (TPSA) is 111 Å². The van der Waals surface area contributed by atoms with Crippen LogP contribution in [0.4, 0.5) is 17.1 Å². The summed E-state index contributed by atoms with van der Waals surface area (Å²) in [4.78, 5) is 20.6. The fraction of sp³-hybridized carbons (Fsp3) is 0.0952. The zero-order chi connectivity index (χ0) is 20.8. The molecule has 0 fully saturated rings. The molecule has 0 aliphatic rings. The van der Waals surface area contributed by atoms with Crippen LogP contribution in [0.3, 0.4) is 0 Å².